The first-order chi connectivity index (χ1) is 17.8. The molecule has 37 heavy (non-hydrogen) atoms. The van der Waals surface area contributed by atoms with E-state index in [2.05, 4.69) is 37.2 Å². The van der Waals surface area contributed by atoms with E-state index in [4.69, 9.17) is 4.74 Å². The molecule has 1 fully saturated rings. The summed E-state index contributed by atoms with van der Waals surface area (Å²) in [5.74, 6) is -0.675. The van der Waals surface area contributed by atoms with Crippen LogP contribution in [0.4, 0.5) is 0 Å². The number of rotatable bonds is 6. The Morgan fingerprint density at radius 2 is 1.54 bits per heavy atom. The Bertz CT molecular complexity index is 1260. The summed E-state index contributed by atoms with van der Waals surface area (Å²) in [6.07, 6.45) is 0. The maximum Gasteiger partial charge on any atom is 0.312 e. The monoisotopic (exact) mass is 627 g/mol. The van der Waals surface area contributed by atoms with Crippen molar-refractivity contribution in [1.82, 2.24) is 15.1 Å². The molecule has 0 aliphatic carbocycles. The molecule has 3 amide bonds. The molecule has 7 nitrogen and oxygen atoms in total. The van der Waals surface area contributed by atoms with Gasteiger partial charge >= 0.3 is 11.8 Å². The molecule has 1 N–H and O–H groups in total. The van der Waals surface area contributed by atoms with E-state index >= 15 is 0 Å². The second kappa shape index (κ2) is 12.4. The lowest BCUT2D eigenvalue weighted by Crippen LogP contribution is -2.54. The summed E-state index contributed by atoms with van der Waals surface area (Å²) in [5.41, 5.74) is 2.49. The van der Waals surface area contributed by atoms with Crippen LogP contribution in [0.3, 0.4) is 0 Å². The molecule has 1 aliphatic rings. The van der Waals surface area contributed by atoms with Crippen LogP contribution < -0.4 is 10.1 Å². The Labute approximate surface area is 233 Å². The summed E-state index contributed by atoms with van der Waals surface area (Å²) in [5, 5.41) is 2.77. The lowest BCUT2D eigenvalue weighted by molar-refractivity contribution is -0.147. The average Bonchev–Trinajstić information content (AvgIpc) is 2.92. The van der Waals surface area contributed by atoms with Gasteiger partial charge in [-0.1, -0.05) is 68.3 Å². The highest BCUT2D eigenvalue weighted by atomic mass is 79.9. The largest absolute Gasteiger partial charge is 0.489 e. The number of carbonyl (C=O) groups is 3. The maximum atomic E-state index is 13.0. The van der Waals surface area contributed by atoms with E-state index in [0.29, 0.717) is 44.1 Å². The lowest BCUT2D eigenvalue weighted by Gasteiger charge is -2.34. The van der Waals surface area contributed by atoms with Gasteiger partial charge in [0.05, 0.1) is 6.04 Å². The van der Waals surface area contributed by atoms with Crippen molar-refractivity contribution in [3.63, 3.8) is 0 Å². The number of carbonyl (C=O) groups excluding carboxylic acids is 3. The van der Waals surface area contributed by atoms with Crippen molar-refractivity contribution in [3.05, 3.63) is 98.4 Å². The first kappa shape index (κ1) is 26.9. The Hall–Kier alpha value is -3.17. The predicted octanol–water partition coefficient (Wildman–Crippen LogP) is 4.95. The third-order valence-corrected chi connectivity index (χ3v) is 7.35. The van der Waals surface area contributed by atoms with Gasteiger partial charge < -0.3 is 19.9 Å². The normalized spacial score (nSPS) is 14.1. The van der Waals surface area contributed by atoms with Crippen molar-refractivity contribution in [2.45, 2.75) is 19.6 Å². The molecule has 0 saturated carbocycles. The van der Waals surface area contributed by atoms with Crippen molar-refractivity contribution in [2.75, 3.05) is 26.2 Å². The van der Waals surface area contributed by atoms with E-state index in [-0.39, 0.29) is 11.9 Å². The highest BCUT2D eigenvalue weighted by Gasteiger charge is 2.29. The fourth-order valence-electron chi connectivity index (χ4n) is 4.06. The van der Waals surface area contributed by atoms with E-state index in [1.165, 1.54) is 4.90 Å². The quantitative estimate of drug-likeness (QED) is 0.392. The molecule has 0 radical (unpaired) electrons. The zero-order valence-electron chi connectivity index (χ0n) is 20.3. The van der Waals surface area contributed by atoms with E-state index in [0.717, 1.165) is 20.1 Å². The molecule has 0 spiro atoms. The second-order valence-corrected chi connectivity index (χ2v) is 10.5. The number of halogens is 2. The van der Waals surface area contributed by atoms with Gasteiger partial charge in [0.25, 0.3) is 5.91 Å². The van der Waals surface area contributed by atoms with Crippen molar-refractivity contribution in [3.8, 4) is 5.75 Å². The molecule has 1 atom stereocenters. The topological polar surface area (TPSA) is 79.0 Å². The van der Waals surface area contributed by atoms with Crippen LogP contribution in [0.25, 0.3) is 0 Å². The van der Waals surface area contributed by atoms with Crippen molar-refractivity contribution in [1.29, 1.82) is 0 Å². The van der Waals surface area contributed by atoms with Crippen LogP contribution in [0.1, 0.15) is 34.5 Å². The maximum absolute atomic E-state index is 13.0. The van der Waals surface area contributed by atoms with Crippen molar-refractivity contribution in [2.24, 2.45) is 0 Å². The molecule has 0 bridgehead atoms. The second-order valence-electron chi connectivity index (χ2n) is 8.74. The van der Waals surface area contributed by atoms with Gasteiger partial charge in [-0.05, 0) is 54.4 Å². The van der Waals surface area contributed by atoms with E-state index < -0.39 is 11.8 Å². The number of nitrogens with zero attached hydrogens (tertiary/aromatic N) is 2. The molecule has 1 heterocycles. The molecule has 4 rings (SSSR count). The minimum Gasteiger partial charge on any atom is -0.489 e. The average molecular weight is 629 g/mol. The Balaban J connectivity index is 1.26. The molecular weight excluding hydrogens is 602 g/mol. The summed E-state index contributed by atoms with van der Waals surface area (Å²) in [6, 6.07) is 22.2. The molecule has 0 aromatic heterocycles. The molecule has 1 unspecified atom stereocenters. The molecule has 192 valence electrons. The van der Waals surface area contributed by atoms with Gasteiger partial charge in [0, 0.05) is 40.7 Å². The number of nitrogens with one attached hydrogen (secondary N) is 1. The summed E-state index contributed by atoms with van der Waals surface area (Å²) in [7, 11) is 0. The van der Waals surface area contributed by atoms with Crippen LogP contribution in [0.15, 0.2) is 81.7 Å². The molecule has 3 aromatic carbocycles. The van der Waals surface area contributed by atoms with Crippen LogP contribution >= 0.6 is 31.9 Å². The van der Waals surface area contributed by atoms with Crippen LogP contribution in [0.2, 0.25) is 0 Å². The standard InChI is InChI=1S/C28H27Br2N3O4/c1-19(24-12-9-22(29)17-25(24)30)31-26(34)28(36)33-15-13-32(14-16-33)27(35)21-7-10-23(11-8-21)37-18-20-5-3-2-4-6-20/h2-12,17,19H,13-16,18H2,1H3,(H,31,34). The number of piperazine rings is 1. The number of benzene rings is 3. The zero-order chi connectivity index (χ0) is 26.4. The first-order valence-corrected chi connectivity index (χ1v) is 13.5. The number of hydrogen-bond donors (Lipinski definition) is 1. The molecule has 9 heteroatoms. The summed E-state index contributed by atoms with van der Waals surface area (Å²) >= 11 is 6.90. The molecule has 1 saturated heterocycles. The number of ether oxygens (including phenoxy) is 1. The van der Waals surface area contributed by atoms with Gasteiger partial charge in [-0.2, -0.15) is 0 Å². The highest BCUT2D eigenvalue weighted by molar-refractivity contribution is 9.11. The van der Waals surface area contributed by atoms with Gasteiger partial charge in [0.1, 0.15) is 12.4 Å². The van der Waals surface area contributed by atoms with Crippen LogP contribution in [0, 0.1) is 0 Å². The summed E-state index contributed by atoms with van der Waals surface area (Å²) in [4.78, 5) is 41.5. The molecule has 3 aromatic rings. The van der Waals surface area contributed by atoms with E-state index in [1.54, 1.807) is 29.2 Å². The zero-order valence-corrected chi connectivity index (χ0v) is 23.5. The predicted molar refractivity (Wildman–Crippen MR) is 148 cm³/mol. The van der Waals surface area contributed by atoms with Crippen molar-refractivity contribution >= 4 is 49.6 Å². The minimum atomic E-state index is -0.659. The number of hydrogen-bond acceptors (Lipinski definition) is 4. The highest BCUT2D eigenvalue weighted by Crippen LogP contribution is 2.26. The smallest absolute Gasteiger partial charge is 0.312 e. The summed E-state index contributed by atoms with van der Waals surface area (Å²) < 4.78 is 7.54. The van der Waals surface area contributed by atoms with E-state index in [9.17, 15) is 14.4 Å². The first-order valence-electron chi connectivity index (χ1n) is 11.9. The lowest BCUT2D eigenvalue weighted by atomic mass is 10.1. The van der Waals surface area contributed by atoms with Crippen LogP contribution in [0.5, 0.6) is 5.75 Å². The van der Waals surface area contributed by atoms with E-state index in [1.807, 2.05) is 55.5 Å². The Morgan fingerprint density at radius 3 is 2.19 bits per heavy atom. The Kier molecular flexibility index (Phi) is 9.00. The van der Waals surface area contributed by atoms with Gasteiger partial charge in [-0.3, -0.25) is 14.4 Å². The SMILES string of the molecule is CC(NC(=O)C(=O)N1CCN(C(=O)c2ccc(OCc3ccccc3)cc2)CC1)c1ccc(Br)cc1Br. The van der Waals surface area contributed by atoms with Crippen molar-refractivity contribution < 1.29 is 19.1 Å². The third-order valence-electron chi connectivity index (χ3n) is 6.17. The minimum absolute atomic E-state index is 0.111. The van der Waals surface area contributed by atoms with Gasteiger partial charge in [-0.15, -0.1) is 0 Å². The van der Waals surface area contributed by atoms with Gasteiger partial charge in [0.2, 0.25) is 0 Å². The summed E-state index contributed by atoms with van der Waals surface area (Å²) in [6.45, 7) is 3.60. The van der Waals surface area contributed by atoms with Gasteiger partial charge in [0.15, 0.2) is 0 Å². The van der Waals surface area contributed by atoms with Crippen LogP contribution in [-0.4, -0.2) is 53.7 Å². The van der Waals surface area contributed by atoms with Gasteiger partial charge in [-0.25, -0.2) is 0 Å². The molecular formula is C28H27Br2N3O4. The fourth-order valence-corrected chi connectivity index (χ4v) is 5.45. The fraction of sp³-hybridized carbons (Fsp3) is 0.250. The number of amides is 3. The Morgan fingerprint density at radius 1 is 0.892 bits per heavy atom. The third kappa shape index (κ3) is 6.99. The van der Waals surface area contributed by atoms with Crippen LogP contribution in [-0.2, 0) is 16.2 Å². The molecule has 1 aliphatic heterocycles.